The van der Waals surface area contributed by atoms with Gasteiger partial charge in [-0.2, -0.15) is 0 Å². The number of hydrogen-bond donors (Lipinski definition) is 3. The van der Waals surface area contributed by atoms with E-state index in [0.29, 0.717) is 12.6 Å². The molecular formula is C16H22IN3OS. The number of aliphatic imine (C=N–C) groups is 1. The number of nitrogens with one attached hydrogen (secondary N) is 2. The van der Waals surface area contributed by atoms with Crippen molar-refractivity contribution in [1.29, 1.82) is 0 Å². The summed E-state index contributed by atoms with van der Waals surface area (Å²) in [5.74, 6) is 0.778. The first-order valence-electron chi connectivity index (χ1n) is 7.40. The van der Waals surface area contributed by atoms with E-state index in [9.17, 15) is 5.11 Å². The molecule has 1 aliphatic rings. The number of thiophene rings is 1. The Hall–Kier alpha value is -0.860. The van der Waals surface area contributed by atoms with Crippen LogP contribution in [0.2, 0.25) is 0 Å². The molecule has 1 heterocycles. The van der Waals surface area contributed by atoms with Gasteiger partial charge in [-0.1, -0.05) is 18.2 Å². The zero-order valence-electron chi connectivity index (χ0n) is 12.6. The highest BCUT2D eigenvalue weighted by atomic mass is 127. The van der Waals surface area contributed by atoms with Crippen LogP contribution in [-0.2, 0) is 0 Å². The molecule has 0 bridgehead atoms. The fraction of sp³-hybridized carbons (Fsp3) is 0.438. The summed E-state index contributed by atoms with van der Waals surface area (Å²) >= 11 is 1.64. The van der Waals surface area contributed by atoms with Crippen molar-refractivity contribution in [3.8, 4) is 0 Å². The van der Waals surface area contributed by atoms with Gasteiger partial charge in [-0.05, 0) is 36.8 Å². The largest absolute Gasteiger partial charge is 0.386 e. The second-order valence-corrected chi connectivity index (χ2v) is 6.54. The van der Waals surface area contributed by atoms with Crippen LogP contribution in [0, 0.1) is 0 Å². The van der Waals surface area contributed by atoms with E-state index in [0.717, 1.165) is 10.8 Å². The summed E-state index contributed by atoms with van der Waals surface area (Å²) in [6.07, 6.45) is 3.19. The van der Waals surface area contributed by atoms with Crippen molar-refractivity contribution in [2.45, 2.75) is 31.4 Å². The van der Waals surface area contributed by atoms with Crippen molar-refractivity contribution in [2.75, 3.05) is 13.6 Å². The third-order valence-electron chi connectivity index (χ3n) is 3.91. The summed E-state index contributed by atoms with van der Waals surface area (Å²) < 4.78 is 1.21. The minimum absolute atomic E-state index is 0. The second-order valence-electron chi connectivity index (χ2n) is 5.43. The minimum atomic E-state index is -0.512. The quantitative estimate of drug-likeness (QED) is 0.396. The van der Waals surface area contributed by atoms with Crippen LogP contribution in [0.5, 0.6) is 0 Å². The summed E-state index contributed by atoms with van der Waals surface area (Å²) in [5, 5.41) is 18.1. The van der Waals surface area contributed by atoms with Crippen LogP contribution in [-0.4, -0.2) is 30.7 Å². The van der Waals surface area contributed by atoms with E-state index in [1.165, 1.54) is 29.3 Å². The van der Waals surface area contributed by atoms with Gasteiger partial charge < -0.3 is 15.7 Å². The summed E-state index contributed by atoms with van der Waals surface area (Å²) in [5.41, 5.74) is 0. The lowest BCUT2D eigenvalue weighted by molar-refractivity contribution is 0.184. The average molecular weight is 431 g/mol. The standard InChI is InChI=1S/C16H21N3OS.HI/c1-17-16(19-12-6-4-7-12)18-10-13(20)15-9-11-5-2-3-8-14(11)21-15;/h2-3,5,8-9,12-13,20H,4,6-7,10H2,1H3,(H2,17,18,19);1H. The Labute approximate surface area is 152 Å². The molecular weight excluding hydrogens is 409 g/mol. The molecule has 0 amide bonds. The van der Waals surface area contributed by atoms with Gasteiger partial charge >= 0.3 is 0 Å². The highest BCUT2D eigenvalue weighted by Gasteiger charge is 2.19. The fourth-order valence-corrected chi connectivity index (χ4v) is 3.45. The zero-order valence-corrected chi connectivity index (χ0v) is 15.7. The van der Waals surface area contributed by atoms with Crippen molar-refractivity contribution < 1.29 is 5.11 Å². The summed E-state index contributed by atoms with van der Waals surface area (Å²) in [6.45, 7) is 0.471. The van der Waals surface area contributed by atoms with E-state index in [1.807, 2.05) is 12.1 Å². The lowest BCUT2D eigenvalue weighted by Gasteiger charge is -2.28. The van der Waals surface area contributed by atoms with Crippen molar-refractivity contribution in [1.82, 2.24) is 10.6 Å². The fourth-order valence-electron chi connectivity index (χ4n) is 2.40. The van der Waals surface area contributed by atoms with E-state index in [-0.39, 0.29) is 24.0 Å². The first-order valence-corrected chi connectivity index (χ1v) is 8.21. The summed E-state index contributed by atoms with van der Waals surface area (Å²) in [4.78, 5) is 5.19. The van der Waals surface area contributed by atoms with E-state index in [1.54, 1.807) is 18.4 Å². The predicted molar refractivity (Wildman–Crippen MR) is 104 cm³/mol. The molecule has 0 aliphatic heterocycles. The molecule has 1 unspecified atom stereocenters. The number of aliphatic hydroxyl groups is 1. The minimum Gasteiger partial charge on any atom is -0.386 e. The van der Waals surface area contributed by atoms with E-state index >= 15 is 0 Å². The van der Waals surface area contributed by atoms with Gasteiger partial charge in [-0.25, -0.2) is 0 Å². The van der Waals surface area contributed by atoms with Gasteiger partial charge in [0.1, 0.15) is 6.10 Å². The van der Waals surface area contributed by atoms with Crippen LogP contribution in [0.1, 0.15) is 30.2 Å². The number of hydrogen-bond acceptors (Lipinski definition) is 3. The molecule has 120 valence electrons. The van der Waals surface area contributed by atoms with Gasteiger partial charge in [0.25, 0.3) is 0 Å². The Kier molecular flexibility index (Phi) is 6.46. The highest BCUT2D eigenvalue weighted by molar-refractivity contribution is 14.0. The molecule has 3 N–H and O–H groups in total. The Morgan fingerprint density at radius 3 is 2.82 bits per heavy atom. The average Bonchev–Trinajstić information content (AvgIpc) is 2.89. The molecule has 1 saturated carbocycles. The van der Waals surface area contributed by atoms with Crippen molar-refractivity contribution in [3.63, 3.8) is 0 Å². The highest BCUT2D eigenvalue weighted by Crippen LogP contribution is 2.29. The van der Waals surface area contributed by atoms with Gasteiger partial charge in [0.2, 0.25) is 0 Å². The first kappa shape index (κ1) is 17.5. The Morgan fingerprint density at radius 2 is 2.18 bits per heavy atom. The lowest BCUT2D eigenvalue weighted by atomic mass is 9.93. The second kappa shape index (κ2) is 8.12. The number of guanidine groups is 1. The maximum atomic E-state index is 10.3. The number of rotatable bonds is 4. The molecule has 6 heteroatoms. The van der Waals surface area contributed by atoms with Gasteiger partial charge in [0.05, 0.1) is 0 Å². The lowest BCUT2D eigenvalue weighted by Crippen LogP contribution is -2.47. The number of halogens is 1. The van der Waals surface area contributed by atoms with Gasteiger partial charge in [-0.15, -0.1) is 35.3 Å². The number of nitrogens with zero attached hydrogens (tertiary/aromatic N) is 1. The summed E-state index contributed by atoms with van der Waals surface area (Å²) in [7, 11) is 1.76. The Morgan fingerprint density at radius 1 is 1.41 bits per heavy atom. The van der Waals surface area contributed by atoms with E-state index in [2.05, 4.69) is 33.8 Å². The third-order valence-corrected chi connectivity index (χ3v) is 5.12. The molecule has 0 radical (unpaired) electrons. The molecule has 4 nitrogen and oxygen atoms in total. The molecule has 1 aromatic heterocycles. The smallest absolute Gasteiger partial charge is 0.191 e. The number of aliphatic hydroxyl groups excluding tert-OH is 1. The summed E-state index contributed by atoms with van der Waals surface area (Å²) in [6, 6.07) is 10.8. The normalized spacial score (nSPS) is 16.7. The first-order chi connectivity index (χ1) is 10.3. The van der Waals surface area contributed by atoms with Crippen LogP contribution < -0.4 is 10.6 Å². The van der Waals surface area contributed by atoms with E-state index in [4.69, 9.17) is 0 Å². The number of fused-ring (bicyclic) bond motifs is 1. The SMILES string of the molecule is CN=C(NCC(O)c1cc2ccccc2s1)NC1CCC1.I. The topological polar surface area (TPSA) is 56.7 Å². The Bertz CT molecular complexity index is 606. The molecule has 1 fully saturated rings. The van der Waals surface area contributed by atoms with Crippen molar-refractivity contribution >= 4 is 51.4 Å². The molecule has 2 aromatic rings. The van der Waals surface area contributed by atoms with Gasteiger partial charge in [0, 0.05) is 29.2 Å². The maximum absolute atomic E-state index is 10.3. The van der Waals surface area contributed by atoms with Crippen LogP contribution in [0.25, 0.3) is 10.1 Å². The third kappa shape index (κ3) is 4.11. The molecule has 22 heavy (non-hydrogen) atoms. The molecule has 1 aliphatic carbocycles. The van der Waals surface area contributed by atoms with Gasteiger partial charge in [-0.3, -0.25) is 4.99 Å². The van der Waals surface area contributed by atoms with Crippen LogP contribution in [0.15, 0.2) is 35.3 Å². The van der Waals surface area contributed by atoms with Crippen molar-refractivity contribution in [3.05, 3.63) is 35.2 Å². The van der Waals surface area contributed by atoms with E-state index < -0.39 is 6.10 Å². The molecule has 1 atom stereocenters. The van der Waals surface area contributed by atoms with Crippen LogP contribution in [0.4, 0.5) is 0 Å². The van der Waals surface area contributed by atoms with Gasteiger partial charge in [0.15, 0.2) is 5.96 Å². The molecule has 3 rings (SSSR count). The molecule has 1 aromatic carbocycles. The van der Waals surface area contributed by atoms with Crippen LogP contribution >= 0.6 is 35.3 Å². The molecule has 0 spiro atoms. The monoisotopic (exact) mass is 431 g/mol. The number of benzene rings is 1. The zero-order chi connectivity index (χ0) is 14.7. The van der Waals surface area contributed by atoms with Crippen LogP contribution in [0.3, 0.4) is 0 Å². The Balaban J connectivity index is 0.00000176. The maximum Gasteiger partial charge on any atom is 0.191 e. The van der Waals surface area contributed by atoms with Crippen molar-refractivity contribution in [2.24, 2.45) is 4.99 Å². The predicted octanol–water partition coefficient (Wildman–Crippen LogP) is 3.27. The molecule has 0 saturated heterocycles.